The number of esters is 1. The summed E-state index contributed by atoms with van der Waals surface area (Å²) in [6.07, 6.45) is 1.06. The number of H-pyrrole nitrogens is 1. The first-order valence-electron chi connectivity index (χ1n) is 11.6. The molecule has 4 rings (SSSR count). The molecule has 9 heteroatoms. The zero-order chi connectivity index (χ0) is 25.8. The van der Waals surface area contributed by atoms with Gasteiger partial charge in [0.05, 0.1) is 23.7 Å². The molecule has 0 radical (unpaired) electrons. The fourth-order valence-corrected chi connectivity index (χ4v) is 4.56. The first kappa shape index (κ1) is 26.4. The molecule has 1 aliphatic carbocycles. The molecule has 0 amide bonds. The van der Waals surface area contributed by atoms with Gasteiger partial charge in [0.1, 0.15) is 5.75 Å². The molecular weight excluding hydrogens is 459 g/mol. The minimum Gasteiger partial charge on any atom is -0.465 e. The van der Waals surface area contributed by atoms with E-state index in [9.17, 15) is 18.0 Å². The minimum atomic E-state index is -4.73. The van der Waals surface area contributed by atoms with Crippen molar-refractivity contribution in [1.82, 2.24) is 9.97 Å². The van der Waals surface area contributed by atoms with Crippen molar-refractivity contribution in [3.05, 3.63) is 47.5 Å². The Labute approximate surface area is 203 Å². The van der Waals surface area contributed by atoms with Crippen LogP contribution < -0.4 is 10.1 Å². The maximum Gasteiger partial charge on any atom is 0.573 e. The van der Waals surface area contributed by atoms with Crippen LogP contribution >= 0.6 is 0 Å². The number of nitrogens with zero attached hydrogens (tertiary/aromatic N) is 1. The van der Waals surface area contributed by atoms with E-state index in [1.165, 1.54) is 57.1 Å². The highest BCUT2D eigenvalue weighted by Gasteiger charge is 2.31. The van der Waals surface area contributed by atoms with Crippen molar-refractivity contribution in [2.75, 3.05) is 12.4 Å². The minimum absolute atomic E-state index is 0.314. The number of halogens is 3. The number of alkyl halides is 3. The maximum absolute atomic E-state index is 12.2. The zero-order valence-electron chi connectivity index (χ0n) is 20.7. The number of benzene rings is 2. The van der Waals surface area contributed by atoms with Crippen molar-refractivity contribution in [3.8, 4) is 5.75 Å². The van der Waals surface area contributed by atoms with Gasteiger partial charge in [0.2, 0.25) is 5.95 Å². The molecule has 1 fully saturated rings. The van der Waals surface area contributed by atoms with Crippen molar-refractivity contribution in [1.29, 1.82) is 0 Å². The molecule has 1 atom stereocenters. The largest absolute Gasteiger partial charge is 0.573 e. The van der Waals surface area contributed by atoms with Crippen LogP contribution in [0.5, 0.6) is 5.75 Å². The van der Waals surface area contributed by atoms with Crippen LogP contribution in [0.15, 0.2) is 36.4 Å². The number of fused-ring (bicyclic) bond motifs is 1. The highest BCUT2D eigenvalue weighted by atomic mass is 19.4. The lowest BCUT2D eigenvalue weighted by molar-refractivity contribution is -0.274. The average molecular weight is 492 g/mol. The predicted molar refractivity (Wildman–Crippen MR) is 130 cm³/mol. The van der Waals surface area contributed by atoms with E-state index in [4.69, 9.17) is 4.74 Å². The summed E-state index contributed by atoms with van der Waals surface area (Å²) in [7, 11) is 1.30. The van der Waals surface area contributed by atoms with E-state index < -0.39 is 12.3 Å². The number of rotatable bonds is 4. The summed E-state index contributed by atoms with van der Waals surface area (Å²) < 4.78 is 45.1. The molecule has 0 aliphatic heterocycles. The van der Waals surface area contributed by atoms with Gasteiger partial charge in [-0.2, -0.15) is 0 Å². The van der Waals surface area contributed by atoms with Gasteiger partial charge in [0.15, 0.2) is 0 Å². The van der Waals surface area contributed by atoms with Gasteiger partial charge in [-0.05, 0) is 73.1 Å². The number of methoxy groups -OCH3 is 1. The monoisotopic (exact) mass is 491 g/mol. The second kappa shape index (κ2) is 10.6. The average Bonchev–Trinajstić information content (AvgIpc) is 3.17. The Morgan fingerprint density at radius 1 is 1.17 bits per heavy atom. The number of nitrogens with one attached hydrogen (secondary N) is 2. The van der Waals surface area contributed by atoms with Crippen LogP contribution in [0.25, 0.3) is 11.0 Å². The lowest BCUT2D eigenvalue weighted by Gasteiger charge is -2.33. The zero-order valence-corrected chi connectivity index (χ0v) is 20.7. The summed E-state index contributed by atoms with van der Waals surface area (Å²) in [5.74, 6) is 0.594. The van der Waals surface area contributed by atoms with Crippen molar-refractivity contribution < 1.29 is 27.4 Å². The number of ether oxygens (including phenoxy) is 2. The van der Waals surface area contributed by atoms with Gasteiger partial charge in [-0.15, -0.1) is 13.2 Å². The molecule has 3 aromatic rings. The van der Waals surface area contributed by atoms with Crippen molar-refractivity contribution in [2.45, 2.75) is 59.7 Å². The van der Waals surface area contributed by atoms with Gasteiger partial charge in [0, 0.05) is 5.69 Å². The number of carbonyl (C=O) groups is 1. The molecule has 2 aromatic carbocycles. The van der Waals surface area contributed by atoms with E-state index in [1.807, 2.05) is 0 Å². The number of aromatic amines is 1. The molecule has 0 saturated heterocycles. The number of hydrogen-bond donors (Lipinski definition) is 2. The van der Waals surface area contributed by atoms with Gasteiger partial charge in [-0.3, -0.25) is 0 Å². The molecule has 1 aliphatic rings. The molecule has 35 heavy (non-hydrogen) atoms. The molecule has 6 nitrogen and oxygen atoms in total. The Balaban J connectivity index is 0.000000320. The molecule has 0 spiro atoms. The predicted octanol–water partition coefficient (Wildman–Crippen LogP) is 7.52. The smallest absolute Gasteiger partial charge is 0.465 e. The van der Waals surface area contributed by atoms with Crippen LogP contribution in [-0.2, 0) is 4.74 Å². The molecular formula is C26H32F3N3O3. The van der Waals surface area contributed by atoms with Crippen molar-refractivity contribution >= 4 is 28.6 Å². The maximum atomic E-state index is 12.2. The Kier molecular flexibility index (Phi) is 7.97. The summed E-state index contributed by atoms with van der Waals surface area (Å²) >= 11 is 0. The Hall–Kier alpha value is -3.23. The van der Waals surface area contributed by atoms with E-state index in [0.29, 0.717) is 39.2 Å². The van der Waals surface area contributed by atoms with E-state index in [0.717, 1.165) is 5.92 Å². The lowest BCUT2D eigenvalue weighted by atomic mass is 9.73. The van der Waals surface area contributed by atoms with Crippen LogP contribution in [-0.4, -0.2) is 29.4 Å². The van der Waals surface area contributed by atoms with Gasteiger partial charge >= 0.3 is 12.3 Å². The molecule has 1 heterocycles. The number of imidazole rings is 1. The van der Waals surface area contributed by atoms with Crippen LogP contribution in [0.4, 0.5) is 24.8 Å². The number of aromatic nitrogens is 2. The van der Waals surface area contributed by atoms with Crippen molar-refractivity contribution in [3.63, 3.8) is 0 Å². The Bertz CT molecular complexity index is 1150. The molecule has 0 bridgehead atoms. The van der Waals surface area contributed by atoms with Crippen LogP contribution in [0.3, 0.4) is 0 Å². The van der Waals surface area contributed by atoms with E-state index in [1.54, 1.807) is 19.1 Å². The fraction of sp³-hybridized carbons (Fsp3) is 0.462. The fourth-order valence-electron chi connectivity index (χ4n) is 4.56. The second-order valence-corrected chi connectivity index (χ2v) is 9.77. The summed E-state index contributed by atoms with van der Waals surface area (Å²) in [5, 5.41) is 2.95. The topological polar surface area (TPSA) is 76.2 Å². The first-order valence-corrected chi connectivity index (χ1v) is 11.6. The van der Waals surface area contributed by atoms with E-state index in [2.05, 4.69) is 40.8 Å². The normalized spacial score (nSPS) is 17.3. The number of hydrogen-bond acceptors (Lipinski definition) is 5. The number of anilines is 2. The SMILES string of the molecule is CC1CCCC(C)(C)C1.COC(=O)c1ccc2[nH]c(Nc3ccc(OC(F)(F)F)cc3)nc2c1C. The molecule has 2 N–H and O–H groups in total. The summed E-state index contributed by atoms with van der Waals surface area (Å²) in [4.78, 5) is 19.2. The first-order chi connectivity index (χ1) is 16.4. The quantitative estimate of drug-likeness (QED) is 0.369. The summed E-state index contributed by atoms with van der Waals surface area (Å²) in [6.45, 7) is 8.91. The third kappa shape index (κ3) is 7.37. The van der Waals surface area contributed by atoms with Gasteiger partial charge in [0.25, 0.3) is 0 Å². The number of aryl methyl sites for hydroxylation is 1. The van der Waals surface area contributed by atoms with Gasteiger partial charge < -0.3 is 19.8 Å². The lowest BCUT2D eigenvalue weighted by Crippen LogP contribution is -2.20. The van der Waals surface area contributed by atoms with Crippen LogP contribution in [0, 0.1) is 18.3 Å². The second-order valence-electron chi connectivity index (χ2n) is 9.77. The van der Waals surface area contributed by atoms with E-state index >= 15 is 0 Å². The van der Waals surface area contributed by atoms with Crippen LogP contribution in [0.2, 0.25) is 0 Å². The third-order valence-electron chi connectivity index (χ3n) is 6.12. The summed E-state index contributed by atoms with van der Waals surface area (Å²) in [5.41, 5.74) is 3.53. The highest BCUT2D eigenvalue weighted by Crippen LogP contribution is 2.38. The Morgan fingerprint density at radius 3 is 2.40 bits per heavy atom. The molecule has 1 saturated carbocycles. The van der Waals surface area contributed by atoms with Crippen molar-refractivity contribution in [2.24, 2.45) is 11.3 Å². The Morgan fingerprint density at radius 2 is 1.86 bits per heavy atom. The molecule has 190 valence electrons. The summed E-state index contributed by atoms with van der Waals surface area (Å²) in [6, 6.07) is 8.59. The van der Waals surface area contributed by atoms with Gasteiger partial charge in [-0.1, -0.05) is 33.6 Å². The van der Waals surface area contributed by atoms with E-state index in [-0.39, 0.29) is 5.75 Å². The van der Waals surface area contributed by atoms with Crippen LogP contribution in [0.1, 0.15) is 62.4 Å². The highest BCUT2D eigenvalue weighted by molar-refractivity contribution is 5.97. The molecule has 1 unspecified atom stereocenters. The van der Waals surface area contributed by atoms with Gasteiger partial charge in [-0.25, -0.2) is 9.78 Å². The third-order valence-corrected chi connectivity index (χ3v) is 6.12. The number of carbonyl (C=O) groups excluding carboxylic acids is 1. The molecule has 1 aromatic heterocycles. The standard InChI is InChI=1S/C17H14F3N3O3.C9H18/c1-9-12(15(24)25-2)7-8-13-14(9)23-16(22-13)21-10-3-5-11(6-4-10)26-17(18,19)20;1-8-5-4-6-9(2,3)7-8/h3-8H,1-2H3,(H2,21,22,23);8H,4-7H2,1-3H3.